The summed E-state index contributed by atoms with van der Waals surface area (Å²) in [5.74, 6) is 2.07. The Hall–Kier alpha value is -2.60. The second-order valence-corrected chi connectivity index (χ2v) is 4.87. The molecule has 0 saturated heterocycles. The van der Waals surface area contributed by atoms with Crippen LogP contribution in [0.2, 0.25) is 0 Å². The van der Waals surface area contributed by atoms with E-state index in [0.717, 1.165) is 12.2 Å². The molecule has 0 bridgehead atoms. The number of hydrogen-bond donors (Lipinski definition) is 0. The lowest BCUT2D eigenvalue weighted by atomic mass is 9.90. The lowest BCUT2D eigenvalue weighted by Crippen LogP contribution is -2.33. The van der Waals surface area contributed by atoms with Gasteiger partial charge in [-0.2, -0.15) is 0 Å². The normalized spacial score (nSPS) is 20.9. The van der Waals surface area contributed by atoms with Gasteiger partial charge in [-0.05, 0) is 11.6 Å². The molecule has 3 rings (SSSR count). The summed E-state index contributed by atoms with van der Waals surface area (Å²) in [6, 6.07) is 10.1. The second-order valence-electron chi connectivity index (χ2n) is 4.87. The van der Waals surface area contributed by atoms with Crippen LogP contribution in [0.25, 0.3) is 0 Å². The van der Waals surface area contributed by atoms with Gasteiger partial charge < -0.3 is 4.90 Å². The highest BCUT2D eigenvalue weighted by Gasteiger charge is 2.27. The van der Waals surface area contributed by atoms with Crippen LogP contribution in [0.4, 0.5) is 0 Å². The summed E-state index contributed by atoms with van der Waals surface area (Å²) in [6.07, 6.45) is 10.8. The predicted molar refractivity (Wildman–Crippen MR) is 78.8 cm³/mol. The maximum absolute atomic E-state index is 12.2. The Morgan fingerprint density at radius 2 is 2.15 bits per heavy atom. The van der Waals surface area contributed by atoms with Crippen LogP contribution in [-0.2, 0) is 11.3 Å². The minimum absolute atomic E-state index is 0.0000818. The van der Waals surface area contributed by atoms with E-state index in [0.29, 0.717) is 12.1 Å². The standard InChI is InChI=1S/C17H14N2O/c1-2-14-8-9-16-15(17(14)20)11-19(12-18-16)10-13-6-4-3-5-7-13/h1,3-9,12,14H,10-11H2. The first-order valence-electron chi connectivity index (χ1n) is 6.52. The number of benzene rings is 1. The molecule has 0 spiro atoms. The van der Waals surface area contributed by atoms with E-state index in [1.807, 2.05) is 29.2 Å². The van der Waals surface area contributed by atoms with Gasteiger partial charge in [-0.25, -0.2) is 4.99 Å². The van der Waals surface area contributed by atoms with Crippen LogP contribution in [0.1, 0.15) is 5.56 Å². The first-order valence-corrected chi connectivity index (χ1v) is 6.52. The number of rotatable bonds is 2. The molecule has 1 heterocycles. The van der Waals surface area contributed by atoms with Gasteiger partial charge in [0.15, 0.2) is 5.78 Å². The van der Waals surface area contributed by atoms with Gasteiger partial charge in [-0.3, -0.25) is 4.79 Å². The smallest absolute Gasteiger partial charge is 0.181 e. The molecule has 3 heteroatoms. The molecule has 0 N–H and O–H groups in total. The maximum Gasteiger partial charge on any atom is 0.181 e. The Labute approximate surface area is 118 Å². The molecule has 3 nitrogen and oxygen atoms in total. The first-order chi connectivity index (χ1) is 9.78. The Morgan fingerprint density at radius 3 is 2.90 bits per heavy atom. The fourth-order valence-corrected chi connectivity index (χ4v) is 2.40. The van der Waals surface area contributed by atoms with Crippen molar-refractivity contribution in [3.05, 3.63) is 59.3 Å². The van der Waals surface area contributed by atoms with Crippen LogP contribution < -0.4 is 0 Å². The predicted octanol–water partition coefficient (Wildman–Crippen LogP) is 2.17. The fourth-order valence-electron chi connectivity index (χ4n) is 2.40. The Bertz CT molecular complexity index is 662. The van der Waals surface area contributed by atoms with E-state index in [4.69, 9.17) is 6.42 Å². The molecule has 1 unspecified atom stereocenters. The van der Waals surface area contributed by atoms with E-state index in [1.165, 1.54) is 5.56 Å². The first kappa shape index (κ1) is 12.4. The molecule has 1 aromatic carbocycles. The third-order valence-corrected chi connectivity index (χ3v) is 3.47. The van der Waals surface area contributed by atoms with Crippen LogP contribution in [0.5, 0.6) is 0 Å². The van der Waals surface area contributed by atoms with Crippen molar-refractivity contribution < 1.29 is 4.79 Å². The molecule has 0 amide bonds. The quantitative estimate of drug-likeness (QED) is 0.765. The molecule has 0 radical (unpaired) electrons. The highest BCUT2D eigenvalue weighted by molar-refractivity contribution is 6.03. The molecule has 2 aliphatic rings. The topological polar surface area (TPSA) is 32.7 Å². The molecule has 1 aliphatic heterocycles. The van der Waals surface area contributed by atoms with Gasteiger partial charge in [0.2, 0.25) is 0 Å². The van der Waals surface area contributed by atoms with Gasteiger partial charge in [0.05, 0.1) is 12.0 Å². The number of carbonyl (C=O) groups is 1. The summed E-state index contributed by atoms with van der Waals surface area (Å²) in [4.78, 5) is 18.6. The number of hydrogen-bond acceptors (Lipinski definition) is 3. The summed E-state index contributed by atoms with van der Waals surface area (Å²) in [5.41, 5.74) is 2.65. The Morgan fingerprint density at radius 1 is 1.35 bits per heavy atom. The van der Waals surface area contributed by atoms with E-state index >= 15 is 0 Å². The van der Waals surface area contributed by atoms with Crippen molar-refractivity contribution in [1.29, 1.82) is 0 Å². The molecule has 0 aromatic heterocycles. The van der Waals surface area contributed by atoms with Crippen LogP contribution in [0.3, 0.4) is 0 Å². The van der Waals surface area contributed by atoms with E-state index in [-0.39, 0.29) is 5.78 Å². The average Bonchev–Trinajstić information content (AvgIpc) is 2.49. The van der Waals surface area contributed by atoms with Crippen molar-refractivity contribution in [1.82, 2.24) is 4.90 Å². The van der Waals surface area contributed by atoms with E-state index < -0.39 is 5.92 Å². The molecule has 0 fully saturated rings. The minimum Gasteiger partial charge on any atom is -0.354 e. The van der Waals surface area contributed by atoms with Crippen LogP contribution >= 0.6 is 0 Å². The van der Waals surface area contributed by atoms with E-state index in [2.05, 4.69) is 23.0 Å². The molecule has 1 aliphatic carbocycles. The number of ketones is 1. The molecule has 20 heavy (non-hydrogen) atoms. The lowest BCUT2D eigenvalue weighted by molar-refractivity contribution is -0.117. The zero-order valence-electron chi connectivity index (χ0n) is 11.0. The third kappa shape index (κ3) is 2.28. The highest BCUT2D eigenvalue weighted by Crippen LogP contribution is 2.24. The van der Waals surface area contributed by atoms with Gasteiger partial charge in [0, 0.05) is 18.7 Å². The summed E-state index contributed by atoms with van der Waals surface area (Å²) < 4.78 is 0. The van der Waals surface area contributed by atoms with Crippen molar-refractivity contribution in [2.75, 3.05) is 6.54 Å². The molecular weight excluding hydrogens is 248 g/mol. The largest absolute Gasteiger partial charge is 0.354 e. The van der Waals surface area contributed by atoms with Gasteiger partial charge in [0.1, 0.15) is 5.92 Å². The SMILES string of the molecule is C#CC1C=CC2=C(CN(Cc3ccccc3)C=N2)C1=O. The third-order valence-electron chi connectivity index (χ3n) is 3.47. The van der Waals surface area contributed by atoms with Crippen LogP contribution in [0, 0.1) is 18.3 Å². The van der Waals surface area contributed by atoms with Gasteiger partial charge >= 0.3 is 0 Å². The van der Waals surface area contributed by atoms with Crippen molar-refractivity contribution in [3.63, 3.8) is 0 Å². The summed E-state index contributed by atoms with van der Waals surface area (Å²) in [5, 5.41) is 0. The monoisotopic (exact) mass is 262 g/mol. The zero-order chi connectivity index (χ0) is 13.9. The molecular formula is C17H14N2O. The van der Waals surface area contributed by atoms with Crippen molar-refractivity contribution in [2.45, 2.75) is 6.54 Å². The van der Waals surface area contributed by atoms with E-state index in [9.17, 15) is 4.79 Å². The molecule has 0 saturated carbocycles. The summed E-state index contributed by atoms with van der Waals surface area (Å²) >= 11 is 0. The van der Waals surface area contributed by atoms with Crippen LogP contribution in [-0.4, -0.2) is 23.6 Å². The minimum atomic E-state index is -0.444. The van der Waals surface area contributed by atoms with Crippen molar-refractivity contribution >= 4 is 12.1 Å². The van der Waals surface area contributed by atoms with Crippen molar-refractivity contribution in [2.24, 2.45) is 10.9 Å². The van der Waals surface area contributed by atoms with Crippen LogP contribution in [0.15, 0.2) is 58.7 Å². The molecule has 1 atom stereocenters. The number of carbonyl (C=O) groups excluding carboxylic acids is 1. The molecule has 1 aromatic rings. The number of allylic oxidation sites excluding steroid dienone is 2. The van der Waals surface area contributed by atoms with Gasteiger partial charge in [-0.15, -0.1) is 6.42 Å². The molecule has 98 valence electrons. The number of terminal acetylenes is 1. The number of nitrogens with zero attached hydrogens (tertiary/aromatic N) is 2. The highest BCUT2D eigenvalue weighted by atomic mass is 16.1. The zero-order valence-corrected chi connectivity index (χ0v) is 11.0. The van der Waals surface area contributed by atoms with Crippen molar-refractivity contribution in [3.8, 4) is 12.3 Å². The fraction of sp³-hybridized carbons (Fsp3) is 0.176. The summed E-state index contributed by atoms with van der Waals surface area (Å²) in [6.45, 7) is 1.30. The number of aliphatic imine (C=N–C) groups is 1. The Balaban J connectivity index is 1.78. The maximum atomic E-state index is 12.2. The van der Waals surface area contributed by atoms with E-state index in [1.54, 1.807) is 12.4 Å². The summed E-state index contributed by atoms with van der Waals surface area (Å²) in [7, 11) is 0. The lowest BCUT2D eigenvalue weighted by Gasteiger charge is -2.27. The van der Waals surface area contributed by atoms with Gasteiger partial charge in [0.25, 0.3) is 0 Å². The average molecular weight is 262 g/mol. The second kappa shape index (κ2) is 5.18. The van der Waals surface area contributed by atoms with Gasteiger partial charge in [-0.1, -0.05) is 42.3 Å². The Kier molecular flexibility index (Phi) is 3.22. The number of Topliss-reactive ketones (excluding diaryl/α,β-unsaturated/α-hetero) is 1.